The summed E-state index contributed by atoms with van der Waals surface area (Å²) in [6.07, 6.45) is 5.85. The molecule has 9 heteroatoms. The standard InChI is InChI=1S/C17H24N6O2S/c1-12-15(16(25)21(2)3)26-17(19-12)20-14(24)11-22-8-4-6-13(22)10-23-9-5-7-18-23/h5,7,9,13H,4,6,8,10-11H2,1-3H3,(H,19,20,24)/t13-/m1/s1. The van der Waals surface area contributed by atoms with E-state index in [0.29, 0.717) is 28.3 Å². The number of amides is 2. The molecule has 2 aromatic heterocycles. The van der Waals surface area contributed by atoms with E-state index in [1.807, 2.05) is 16.9 Å². The minimum Gasteiger partial charge on any atom is -0.344 e. The second-order valence-electron chi connectivity index (χ2n) is 6.68. The summed E-state index contributed by atoms with van der Waals surface area (Å²) in [6.45, 7) is 3.80. The van der Waals surface area contributed by atoms with Crippen molar-refractivity contribution in [2.45, 2.75) is 32.4 Å². The predicted molar refractivity (Wildman–Crippen MR) is 100 cm³/mol. The third kappa shape index (κ3) is 4.28. The molecule has 0 saturated carbocycles. The van der Waals surface area contributed by atoms with Gasteiger partial charge >= 0.3 is 0 Å². The van der Waals surface area contributed by atoms with Crippen LogP contribution in [0.15, 0.2) is 18.5 Å². The molecule has 2 amide bonds. The Balaban J connectivity index is 1.58. The predicted octanol–water partition coefficient (Wildman–Crippen LogP) is 1.45. The number of nitrogens with one attached hydrogen (secondary N) is 1. The lowest BCUT2D eigenvalue weighted by Crippen LogP contribution is -2.39. The monoisotopic (exact) mass is 376 g/mol. The van der Waals surface area contributed by atoms with Gasteiger partial charge in [-0.15, -0.1) is 0 Å². The van der Waals surface area contributed by atoms with Crippen molar-refractivity contribution < 1.29 is 9.59 Å². The van der Waals surface area contributed by atoms with Crippen molar-refractivity contribution in [1.29, 1.82) is 0 Å². The zero-order chi connectivity index (χ0) is 18.7. The van der Waals surface area contributed by atoms with E-state index in [9.17, 15) is 9.59 Å². The molecule has 1 N–H and O–H groups in total. The van der Waals surface area contributed by atoms with E-state index in [2.05, 4.69) is 20.3 Å². The van der Waals surface area contributed by atoms with Gasteiger partial charge in [0.15, 0.2) is 5.13 Å². The van der Waals surface area contributed by atoms with Crippen LogP contribution < -0.4 is 5.32 Å². The highest BCUT2D eigenvalue weighted by atomic mass is 32.1. The first-order valence-corrected chi connectivity index (χ1v) is 9.46. The first-order chi connectivity index (χ1) is 12.4. The molecule has 0 bridgehead atoms. The fourth-order valence-electron chi connectivity index (χ4n) is 3.13. The van der Waals surface area contributed by atoms with E-state index in [1.165, 1.54) is 16.2 Å². The molecular formula is C17H24N6O2S. The average molecular weight is 376 g/mol. The van der Waals surface area contributed by atoms with Crippen LogP contribution in [0.5, 0.6) is 0 Å². The van der Waals surface area contributed by atoms with E-state index in [1.54, 1.807) is 27.2 Å². The van der Waals surface area contributed by atoms with E-state index >= 15 is 0 Å². The van der Waals surface area contributed by atoms with Gasteiger partial charge in [-0.05, 0) is 32.4 Å². The van der Waals surface area contributed by atoms with Gasteiger partial charge in [0.05, 0.1) is 18.8 Å². The summed E-state index contributed by atoms with van der Waals surface area (Å²) in [7, 11) is 3.40. The topological polar surface area (TPSA) is 83.4 Å². The van der Waals surface area contributed by atoms with Gasteiger partial charge in [-0.3, -0.25) is 19.2 Å². The van der Waals surface area contributed by atoms with Gasteiger partial charge in [-0.2, -0.15) is 5.10 Å². The molecular weight excluding hydrogens is 352 g/mol. The molecule has 1 fully saturated rings. The second-order valence-corrected chi connectivity index (χ2v) is 7.68. The Hall–Kier alpha value is -2.26. The fraction of sp³-hybridized carbons (Fsp3) is 0.529. The van der Waals surface area contributed by atoms with Crippen LogP contribution in [-0.4, -0.2) is 69.6 Å². The number of anilines is 1. The van der Waals surface area contributed by atoms with Crippen molar-refractivity contribution in [3.05, 3.63) is 29.0 Å². The highest BCUT2D eigenvalue weighted by Crippen LogP contribution is 2.24. The number of rotatable bonds is 6. The van der Waals surface area contributed by atoms with E-state index in [-0.39, 0.29) is 11.8 Å². The molecule has 1 saturated heterocycles. The number of carbonyl (C=O) groups excluding carboxylic acids is 2. The molecule has 140 valence electrons. The number of thiazole rings is 1. The summed E-state index contributed by atoms with van der Waals surface area (Å²) >= 11 is 1.22. The van der Waals surface area contributed by atoms with Gasteiger partial charge in [-0.25, -0.2) is 4.98 Å². The Labute approximate surface area is 156 Å². The molecule has 0 aromatic carbocycles. The Morgan fingerprint density at radius 2 is 2.23 bits per heavy atom. The van der Waals surface area contributed by atoms with Crippen LogP contribution in [0.25, 0.3) is 0 Å². The smallest absolute Gasteiger partial charge is 0.265 e. The Kier molecular flexibility index (Phi) is 5.67. The molecule has 8 nitrogen and oxygen atoms in total. The number of aryl methyl sites for hydroxylation is 1. The van der Waals surface area contributed by atoms with Gasteiger partial charge in [0.2, 0.25) is 5.91 Å². The lowest BCUT2D eigenvalue weighted by molar-refractivity contribution is -0.117. The van der Waals surface area contributed by atoms with Crippen LogP contribution in [0.1, 0.15) is 28.2 Å². The first kappa shape index (κ1) is 18.5. The van der Waals surface area contributed by atoms with Crippen molar-refractivity contribution >= 4 is 28.3 Å². The molecule has 0 unspecified atom stereocenters. The van der Waals surface area contributed by atoms with Crippen LogP contribution in [0.4, 0.5) is 5.13 Å². The third-order valence-electron chi connectivity index (χ3n) is 4.45. The first-order valence-electron chi connectivity index (χ1n) is 8.64. The SMILES string of the molecule is Cc1nc(NC(=O)CN2CCC[C@@H]2Cn2cccn2)sc1C(=O)N(C)C. The molecule has 1 atom stereocenters. The summed E-state index contributed by atoms with van der Waals surface area (Å²) in [5, 5.41) is 7.56. The molecule has 0 radical (unpaired) electrons. The minimum absolute atomic E-state index is 0.0978. The van der Waals surface area contributed by atoms with Gasteiger partial charge in [0, 0.05) is 32.5 Å². The van der Waals surface area contributed by atoms with Gasteiger partial charge in [0.1, 0.15) is 4.88 Å². The number of carbonyl (C=O) groups is 2. The summed E-state index contributed by atoms with van der Waals surface area (Å²) in [6, 6.07) is 2.22. The zero-order valence-electron chi connectivity index (χ0n) is 15.3. The molecule has 2 aromatic rings. The molecule has 1 aliphatic rings. The van der Waals surface area contributed by atoms with Crippen LogP contribution in [-0.2, 0) is 11.3 Å². The zero-order valence-corrected chi connectivity index (χ0v) is 16.1. The van der Waals surface area contributed by atoms with Gasteiger partial charge in [0.25, 0.3) is 5.91 Å². The maximum Gasteiger partial charge on any atom is 0.265 e. The normalized spacial score (nSPS) is 17.4. The van der Waals surface area contributed by atoms with E-state index in [0.717, 1.165) is 25.9 Å². The van der Waals surface area contributed by atoms with Crippen molar-refractivity contribution in [3.8, 4) is 0 Å². The molecule has 0 aliphatic carbocycles. The summed E-state index contributed by atoms with van der Waals surface area (Å²) in [5.41, 5.74) is 0.640. The Morgan fingerprint density at radius 3 is 2.92 bits per heavy atom. The maximum absolute atomic E-state index is 12.4. The van der Waals surface area contributed by atoms with Crippen molar-refractivity contribution in [1.82, 2.24) is 24.6 Å². The highest BCUT2D eigenvalue weighted by Gasteiger charge is 2.27. The van der Waals surface area contributed by atoms with E-state index in [4.69, 9.17) is 0 Å². The number of nitrogens with zero attached hydrogens (tertiary/aromatic N) is 5. The largest absolute Gasteiger partial charge is 0.344 e. The molecule has 0 spiro atoms. The van der Waals surface area contributed by atoms with Crippen molar-refractivity contribution in [2.24, 2.45) is 0 Å². The van der Waals surface area contributed by atoms with Crippen molar-refractivity contribution in [3.63, 3.8) is 0 Å². The van der Waals surface area contributed by atoms with Crippen LogP contribution in [0.2, 0.25) is 0 Å². The van der Waals surface area contributed by atoms with Crippen LogP contribution in [0, 0.1) is 6.92 Å². The molecule has 1 aliphatic heterocycles. The van der Waals surface area contributed by atoms with Crippen LogP contribution >= 0.6 is 11.3 Å². The summed E-state index contributed by atoms with van der Waals surface area (Å²) in [5.74, 6) is -0.200. The number of aromatic nitrogens is 3. The Morgan fingerprint density at radius 1 is 1.42 bits per heavy atom. The molecule has 3 heterocycles. The summed E-state index contributed by atoms with van der Waals surface area (Å²) < 4.78 is 1.91. The van der Waals surface area contributed by atoms with Crippen molar-refractivity contribution in [2.75, 3.05) is 32.5 Å². The lowest BCUT2D eigenvalue weighted by atomic mass is 10.2. The quantitative estimate of drug-likeness (QED) is 0.825. The molecule has 26 heavy (non-hydrogen) atoms. The third-order valence-corrected chi connectivity index (χ3v) is 5.51. The van der Waals surface area contributed by atoms with Gasteiger partial charge < -0.3 is 10.2 Å². The highest BCUT2D eigenvalue weighted by molar-refractivity contribution is 7.17. The van der Waals surface area contributed by atoms with Crippen LogP contribution in [0.3, 0.4) is 0 Å². The van der Waals surface area contributed by atoms with Gasteiger partial charge in [-0.1, -0.05) is 11.3 Å². The Bertz CT molecular complexity index is 770. The number of likely N-dealkylation sites (tertiary alicyclic amines) is 1. The number of hydrogen-bond donors (Lipinski definition) is 1. The molecule has 3 rings (SSSR count). The average Bonchev–Trinajstić information content (AvgIpc) is 3.30. The number of hydrogen-bond acceptors (Lipinski definition) is 6. The minimum atomic E-state index is -0.102. The summed E-state index contributed by atoms with van der Waals surface area (Å²) in [4.78, 5) is 33.1. The second kappa shape index (κ2) is 7.96. The van der Waals surface area contributed by atoms with E-state index < -0.39 is 0 Å². The fourth-order valence-corrected chi connectivity index (χ4v) is 4.13. The lowest BCUT2D eigenvalue weighted by Gasteiger charge is -2.23. The maximum atomic E-state index is 12.4.